The molecule has 1 aliphatic rings. The number of aryl methyl sites for hydroxylation is 1. The minimum absolute atomic E-state index is 0.0756. The Labute approximate surface area is 158 Å². The van der Waals surface area contributed by atoms with Crippen LogP contribution < -0.4 is 5.73 Å². The van der Waals surface area contributed by atoms with E-state index in [1.54, 1.807) is 11.3 Å². The number of carbonyl (C=O) groups is 1. The molecule has 1 fully saturated rings. The van der Waals surface area contributed by atoms with Crippen LogP contribution in [0.5, 0.6) is 0 Å². The standard InChI is InChI=1S/C18H27N5O2S/c1-13(2)16(19)18(24)23-10-8-22(9-11-23)7-3-6-15-20-17(21-25-15)14-5-4-12-26-14/h4-5,12-13,16H,3,6-11,19H2,1-2H3/t16-/m0/s1. The van der Waals surface area contributed by atoms with Gasteiger partial charge in [0.25, 0.3) is 0 Å². The summed E-state index contributed by atoms with van der Waals surface area (Å²) in [6.45, 7) is 8.22. The molecule has 2 N–H and O–H groups in total. The number of rotatable bonds is 7. The van der Waals surface area contributed by atoms with E-state index in [2.05, 4.69) is 15.0 Å². The molecule has 0 saturated carbocycles. The molecule has 8 heteroatoms. The average Bonchev–Trinajstić information content (AvgIpc) is 3.32. The van der Waals surface area contributed by atoms with Gasteiger partial charge in [-0.2, -0.15) is 4.98 Å². The molecule has 0 radical (unpaired) electrons. The van der Waals surface area contributed by atoms with Gasteiger partial charge in [0, 0.05) is 32.6 Å². The highest BCUT2D eigenvalue weighted by Crippen LogP contribution is 2.21. The molecule has 7 nitrogen and oxygen atoms in total. The molecule has 3 rings (SSSR count). The van der Waals surface area contributed by atoms with E-state index in [-0.39, 0.29) is 11.8 Å². The van der Waals surface area contributed by atoms with Crippen LogP contribution in [0.15, 0.2) is 22.0 Å². The van der Waals surface area contributed by atoms with E-state index in [0.29, 0.717) is 11.7 Å². The molecular weight excluding hydrogens is 350 g/mol. The number of aromatic nitrogens is 2. The largest absolute Gasteiger partial charge is 0.339 e. The van der Waals surface area contributed by atoms with Gasteiger partial charge in [-0.1, -0.05) is 25.1 Å². The lowest BCUT2D eigenvalue weighted by Crippen LogP contribution is -2.54. The van der Waals surface area contributed by atoms with Crippen molar-refractivity contribution in [2.45, 2.75) is 32.7 Å². The highest BCUT2D eigenvalue weighted by atomic mass is 32.1. The van der Waals surface area contributed by atoms with E-state index in [9.17, 15) is 4.79 Å². The topological polar surface area (TPSA) is 88.5 Å². The lowest BCUT2D eigenvalue weighted by Gasteiger charge is -2.36. The fourth-order valence-corrected chi connectivity index (χ4v) is 3.65. The summed E-state index contributed by atoms with van der Waals surface area (Å²) in [5.41, 5.74) is 5.98. The zero-order chi connectivity index (χ0) is 18.5. The Hall–Kier alpha value is -1.77. The van der Waals surface area contributed by atoms with Crippen molar-refractivity contribution in [3.8, 4) is 10.7 Å². The van der Waals surface area contributed by atoms with Gasteiger partial charge in [0.15, 0.2) is 0 Å². The average molecular weight is 378 g/mol. The first-order valence-electron chi connectivity index (χ1n) is 9.18. The van der Waals surface area contributed by atoms with Crippen LogP contribution in [0.1, 0.15) is 26.2 Å². The van der Waals surface area contributed by atoms with Crippen LogP contribution >= 0.6 is 11.3 Å². The molecule has 0 aromatic carbocycles. The Balaban J connectivity index is 1.38. The van der Waals surface area contributed by atoms with Crippen molar-refractivity contribution in [2.24, 2.45) is 11.7 Å². The third-order valence-corrected chi connectivity index (χ3v) is 5.63. The summed E-state index contributed by atoms with van der Waals surface area (Å²) in [5.74, 6) is 1.61. The summed E-state index contributed by atoms with van der Waals surface area (Å²) < 4.78 is 5.34. The molecule has 1 amide bonds. The molecule has 3 heterocycles. The van der Waals surface area contributed by atoms with E-state index >= 15 is 0 Å². The summed E-state index contributed by atoms with van der Waals surface area (Å²) in [4.78, 5) is 22.1. The predicted octanol–water partition coefficient (Wildman–Crippen LogP) is 1.86. The number of carbonyl (C=O) groups excluding carboxylic acids is 1. The SMILES string of the molecule is CC(C)[C@H](N)C(=O)N1CCN(CCCc2nc(-c3cccs3)no2)CC1. The minimum Gasteiger partial charge on any atom is -0.339 e. The number of hydrogen-bond donors (Lipinski definition) is 1. The van der Waals surface area contributed by atoms with E-state index < -0.39 is 6.04 Å². The third-order valence-electron chi connectivity index (χ3n) is 4.76. The number of nitrogens with zero attached hydrogens (tertiary/aromatic N) is 4. The molecule has 1 atom stereocenters. The maximum atomic E-state index is 12.3. The highest BCUT2D eigenvalue weighted by Gasteiger charge is 2.26. The molecule has 2 aromatic rings. The van der Waals surface area contributed by atoms with E-state index in [1.165, 1.54) is 0 Å². The Morgan fingerprint density at radius 3 is 2.77 bits per heavy atom. The molecular formula is C18H27N5O2S. The zero-order valence-corrected chi connectivity index (χ0v) is 16.2. The number of amides is 1. The lowest BCUT2D eigenvalue weighted by atomic mass is 10.0. The molecule has 1 saturated heterocycles. The van der Waals surface area contributed by atoms with Gasteiger partial charge in [-0.15, -0.1) is 11.3 Å². The van der Waals surface area contributed by atoms with Crippen molar-refractivity contribution in [1.29, 1.82) is 0 Å². The quantitative estimate of drug-likeness (QED) is 0.792. The number of piperazine rings is 1. The van der Waals surface area contributed by atoms with Crippen LogP contribution in [0.2, 0.25) is 0 Å². The molecule has 2 aromatic heterocycles. The van der Waals surface area contributed by atoms with Crippen molar-refractivity contribution in [3.63, 3.8) is 0 Å². The van der Waals surface area contributed by atoms with Crippen molar-refractivity contribution in [1.82, 2.24) is 19.9 Å². The Kier molecular flexibility index (Phi) is 6.39. The fraction of sp³-hybridized carbons (Fsp3) is 0.611. The molecule has 26 heavy (non-hydrogen) atoms. The zero-order valence-electron chi connectivity index (χ0n) is 15.4. The van der Waals surface area contributed by atoms with Crippen molar-refractivity contribution in [3.05, 3.63) is 23.4 Å². The molecule has 0 unspecified atom stereocenters. The fourth-order valence-electron chi connectivity index (χ4n) is 3.00. The summed E-state index contributed by atoms with van der Waals surface area (Å²) in [7, 11) is 0. The summed E-state index contributed by atoms with van der Waals surface area (Å²) in [6.07, 6.45) is 1.74. The molecule has 142 valence electrons. The first-order valence-corrected chi connectivity index (χ1v) is 10.1. The van der Waals surface area contributed by atoms with Crippen LogP contribution in [-0.4, -0.2) is 64.6 Å². The lowest BCUT2D eigenvalue weighted by molar-refractivity contribution is -0.135. The molecule has 0 bridgehead atoms. The van der Waals surface area contributed by atoms with E-state index in [0.717, 1.165) is 50.4 Å². The van der Waals surface area contributed by atoms with Crippen LogP contribution in [0.4, 0.5) is 0 Å². The van der Waals surface area contributed by atoms with Gasteiger partial charge in [-0.25, -0.2) is 0 Å². The van der Waals surface area contributed by atoms with Crippen molar-refractivity contribution < 1.29 is 9.32 Å². The van der Waals surface area contributed by atoms with Crippen LogP contribution in [0.3, 0.4) is 0 Å². The number of hydrogen-bond acceptors (Lipinski definition) is 7. The normalized spacial score (nSPS) is 17.0. The minimum atomic E-state index is -0.392. The van der Waals surface area contributed by atoms with E-state index in [1.807, 2.05) is 36.3 Å². The second-order valence-corrected chi connectivity index (χ2v) is 7.98. The molecule has 0 spiro atoms. The second kappa shape index (κ2) is 8.75. The number of nitrogens with two attached hydrogens (primary N) is 1. The number of thiophene rings is 1. The summed E-state index contributed by atoms with van der Waals surface area (Å²) in [5, 5.41) is 6.04. The van der Waals surface area contributed by atoms with Gasteiger partial charge in [0.1, 0.15) is 0 Å². The third kappa shape index (κ3) is 4.69. The van der Waals surface area contributed by atoms with Gasteiger partial charge < -0.3 is 15.2 Å². The van der Waals surface area contributed by atoms with E-state index in [4.69, 9.17) is 10.3 Å². The van der Waals surface area contributed by atoms with Gasteiger partial charge in [-0.3, -0.25) is 9.69 Å². The monoisotopic (exact) mass is 377 g/mol. The first-order chi connectivity index (χ1) is 12.5. The molecule has 1 aliphatic heterocycles. The second-order valence-electron chi connectivity index (χ2n) is 7.03. The van der Waals surface area contributed by atoms with Crippen LogP contribution in [0.25, 0.3) is 10.7 Å². The smallest absolute Gasteiger partial charge is 0.239 e. The Morgan fingerprint density at radius 2 is 2.12 bits per heavy atom. The van der Waals surface area contributed by atoms with Crippen LogP contribution in [-0.2, 0) is 11.2 Å². The van der Waals surface area contributed by atoms with Gasteiger partial charge in [0.2, 0.25) is 17.6 Å². The Bertz CT molecular complexity index is 692. The van der Waals surface area contributed by atoms with Gasteiger partial charge >= 0.3 is 0 Å². The first kappa shape index (κ1) is 19.0. The van der Waals surface area contributed by atoms with Gasteiger partial charge in [0.05, 0.1) is 10.9 Å². The van der Waals surface area contributed by atoms with Crippen LogP contribution in [0, 0.1) is 5.92 Å². The summed E-state index contributed by atoms with van der Waals surface area (Å²) in [6, 6.07) is 3.58. The summed E-state index contributed by atoms with van der Waals surface area (Å²) >= 11 is 1.61. The van der Waals surface area contributed by atoms with Crippen molar-refractivity contribution in [2.75, 3.05) is 32.7 Å². The predicted molar refractivity (Wildman–Crippen MR) is 102 cm³/mol. The maximum Gasteiger partial charge on any atom is 0.239 e. The highest BCUT2D eigenvalue weighted by molar-refractivity contribution is 7.13. The Morgan fingerprint density at radius 1 is 1.35 bits per heavy atom. The molecule has 0 aliphatic carbocycles. The maximum absolute atomic E-state index is 12.3. The van der Waals surface area contributed by atoms with Gasteiger partial charge in [-0.05, 0) is 30.3 Å². The van der Waals surface area contributed by atoms with Crippen molar-refractivity contribution >= 4 is 17.2 Å².